The highest BCUT2D eigenvalue weighted by molar-refractivity contribution is 6.18. The van der Waals surface area contributed by atoms with E-state index >= 15 is 0 Å². The average Bonchev–Trinajstić information content (AvgIpc) is 2.29. The summed E-state index contributed by atoms with van der Waals surface area (Å²) >= 11 is 5.83. The van der Waals surface area contributed by atoms with Gasteiger partial charge in [0.15, 0.2) is 11.5 Å². The summed E-state index contributed by atoms with van der Waals surface area (Å²) < 4.78 is 16.3. The topological polar surface area (TPSA) is 27.7 Å². The Balaban J connectivity index is 3.09. The van der Waals surface area contributed by atoms with Crippen molar-refractivity contribution >= 4 is 11.6 Å². The Kier molecular flexibility index (Phi) is 4.30. The van der Waals surface area contributed by atoms with Gasteiger partial charge < -0.3 is 14.2 Å². The maximum atomic E-state index is 5.83. The summed E-state index contributed by atoms with van der Waals surface area (Å²) in [5, 5.41) is 0. The van der Waals surface area contributed by atoms with Crippen LogP contribution in [0.2, 0.25) is 0 Å². The molecule has 0 radical (unpaired) electrons. The van der Waals surface area contributed by atoms with Crippen LogP contribution in [-0.2, 0) is 0 Å². The zero-order chi connectivity index (χ0) is 12.2. The van der Waals surface area contributed by atoms with Crippen LogP contribution < -0.4 is 14.2 Å². The van der Waals surface area contributed by atoms with E-state index in [1.54, 1.807) is 14.2 Å². The van der Waals surface area contributed by atoms with Crippen LogP contribution in [0.25, 0.3) is 0 Å². The van der Waals surface area contributed by atoms with Crippen molar-refractivity contribution in [3.05, 3.63) is 18.2 Å². The molecule has 0 aromatic heterocycles. The van der Waals surface area contributed by atoms with Crippen molar-refractivity contribution in [1.29, 1.82) is 0 Å². The van der Waals surface area contributed by atoms with Gasteiger partial charge in [-0.25, -0.2) is 0 Å². The average molecular weight is 245 g/mol. The van der Waals surface area contributed by atoms with Gasteiger partial charge in [0.2, 0.25) is 5.75 Å². The van der Waals surface area contributed by atoms with E-state index in [0.717, 1.165) is 0 Å². The zero-order valence-electron chi connectivity index (χ0n) is 10.0. The molecule has 0 amide bonds. The lowest BCUT2D eigenvalue weighted by Crippen LogP contribution is -2.30. The van der Waals surface area contributed by atoms with Crippen LogP contribution in [0.1, 0.15) is 13.8 Å². The summed E-state index contributed by atoms with van der Waals surface area (Å²) in [6, 6.07) is 5.49. The largest absolute Gasteiger partial charge is 0.493 e. The Bertz CT molecular complexity index is 328. The molecule has 0 N–H and O–H groups in total. The summed E-state index contributed by atoms with van der Waals surface area (Å²) in [6.07, 6.45) is 0. The first-order valence-corrected chi connectivity index (χ1v) is 5.53. The van der Waals surface area contributed by atoms with Crippen molar-refractivity contribution in [2.24, 2.45) is 0 Å². The standard InChI is InChI=1S/C12H17ClO3/c1-12(2,8-13)16-11-9(14-3)6-5-7-10(11)15-4/h5-7H,8H2,1-4H3. The molecule has 1 rings (SSSR count). The second-order valence-electron chi connectivity index (χ2n) is 3.99. The molecule has 1 aromatic rings. The van der Waals surface area contributed by atoms with E-state index in [1.807, 2.05) is 32.0 Å². The zero-order valence-corrected chi connectivity index (χ0v) is 10.8. The first-order valence-electron chi connectivity index (χ1n) is 5.00. The summed E-state index contributed by atoms with van der Waals surface area (Å²) in [4.78, 5) is 0. The highest BCUT2D eigenvalue weighted by Gasteiger charge is 2.23. The molecule has 0 fully saturated rings. The van der Waals surface area contributed by atoms with E-state index in [9.17, 15) is 0 Å². The predicted molar refractivity (Wildman–Crippen MR) is 65.0 cm³/mol. The van der Waals surface area contributed by atoms with E-state index in [4.69, 9.17) is 25.8 Å². The number of rotatable bonds is 5. The quantitative estimate of drug-likeness (QED) is 0.745. The third kappa shape index (κ3) is 2.95. The lowest BCUT2D eigenvalue weighted by atomic mass is 10.2. The third-order valence-corrected chi connectivity index (χ3v) is 2.73. The minimum Gasteiger partial charge on any atom is -0.493 e. The van der Waals surface area contributed by atoms with E-state index in [2.05, 4.69) is 0 Å². The lowest BCUT2D eigenvalue weighted by Gasteiger charge is -2.26. The maximum absolute atomic E-state index is 5.83. The monoisotopic (exact) mass is 244 g/mol. The number of ether oxygens (including phenoxy) is 3. The first kappa shape index (κ1) is 13.0. The van der Waals surface area contributed by atoms with Crippen LogP contribution in [0.3, 0.4) is 0 Å². The van der Waals surface area contributed by atoms with Crippen LogP contribution in [0.15, 0.2) is 18.2 Å². The Morgan fingerprint density at radius 1 is 1.12 bits per heavy atom. The molecule has 0 heterocycles. The minimum atomic E-state index is -0.469. The smallest absolute Gasteiger partial charge is 0.204 e. The fraction of sp³-hybridized carbons (Fsp3) is 0.500. The van der Waals surface area contributed by atoms with Crippen molar-refractivity contribution in [3.8, 4) is 17.2 Å². The SMILES string of the molecule is COc1cccc(OC)c1OC(C)(C)CCl. The van der Waals surface area contributed by atoms with E-state index in [0.29, 0.717) is 23.1 Å². The fourth-order valence-electron chi connectivity index (χ4n) is 1.22. The number of halogens is 1. The molecule has 3 nitrogen and oxygen atoms in total. The molecule has 0 spiro atoms. The van der Waals surface area contributed by atoms with Crippen molar-refractivity contribution in [2.75, 3.05) is 20.1 Å². The number of hydrogen-bond acceptors (Lipinski definition) is 3. The highest BCUT2D eigenvalue weighted by atomic mass is 35.5. The molecular formula is C12H17ClO3. The minimum absolute atomic E-state index is 0.383. The Morgan fingerprint density at radius 3 is 2.00 bits per heavy atom. The van der Waals surface area contributed by atoms with Gasteiger partial charge in [-0.3, -0.25) is 0 Å². The van der Waals surface area contributed by atoms with Gasteiger partial charge in [0.1, 0.15) is 5.60 Å². The molecule has 0 aliphatic heterocycles. The number of methoxy groups -OCH3 is 2. The molecule has 0 aliphatic rings. The normalized spacial score (nSPS) is 11.1. The molecule has 90 valence electrons. The van der Waals surface area contributed by atoms with Gasteiger partial charge in [-0.1, -0.05) is 6.07 Å². The van der Waals surface area contributed by atoms with Crippen molar-refractivity contribution in [3.63, 3.8) is 0 Å². The second kappa shape index (κ2) is 5.30. The Labute approximate surface area is 101 Å². The van der Waals surface area contributed by atoms with Gasteiger partial charge in [-0.05, 0) is 26.0 Å². The highest BCUT2D eigenvalue weighted by Crippen LogP contribution is 2.39. The molecule has 1 aromatic carbocycles. The first-order chi connectivity index (χ1) is 7.54. The van der Waals surface area contributed by atoms with Gasteiger partial charge in [-0.15, -0.1) is 11.6 Å². The maximum Gasteiger partial charge on any atom is 0.204 e. The van der Waals surface area contributed by atoms with Crippen LogP contribution >= 0.6 is 11.6 Å². The number of benzene rings is 1. The van der Waals surface area contributed by atoms with E-state index in [1.165, 1.54) is 0 Å². The molecule has 0 saturated carbocycles. The van der Waals surface area contributed by atoms with Gasteiger partial charge >= 0.3 is 0 Å². The molecule has 0 atom stereocenters. The van der Waals surface area contributed by atoms with Crippen LogP contribution in [0, 0.1) is 0 Å². The Hall–Kier alpha value is -1.09. The second-order valence-corrected chi connectivity index (χ2v) is 4.25. The molecule has 4 heteroatoms. The van der Waals surface area contributed by atoms with Gasteiger partial charge in [0, 0.05) is 0 Å². The number of alkyl halides is 1. The predicted octanol–water partition coefficient (Wildman–Crippen LogP) is 3.10. The summed E-state index contributed by atoms with van der Waals surface area (Å²) in [6.45, 7) is 3.82. The van der Waals surface area contributed by atoms with Gasteiger partial charge in [0.25, 0.3) is 0 Å². The van der Waals surface area contributed by atoms with Crippen molar-refractivity contribution in [1.82, 2.24) is 0 Å². The Morgan fingerprint density at radius 2 is 1.62 bits per heavy atom. The molecule has 0 aliphatic carbocycles. The third-order valence-electron chi connectivity index (χ3n) is 2.08. The molecule has 0 unspecified atom stereocenters. The fourth-order valence-corrected chi connectivity index (χ4v) is 1.28. The number of hydrogen-bond donors (Lipinski definition) is 0. The molecule has 16 heavy (non-hydrogen) atoms. The summed E-state index contributed by atoms with van der Waals surface area (Å²) in [5.74, 6) is 2.24. The van der Waals surface area contributed by atoms with Crippen LogP contribution in [-0.4, -0.2) is 25.7 Å². The van der Waals surface area contributed by atoms with Gasteiger partial charge in [0.05, 0.1) is 20.1 Å². The van der Waals surface area contributed by atoms with Crippen molar-refractivity contribution in [2.45, 2.75) is 19.4 Å². The van der Waals surface area contributed by atoms with Crippen LogP contribution in [0.4, 0.5) is 0 Å². The summed E-state index contributed by atoms with van der Waals surface area (Å²) in [7, 11) is 3.19. The van der Waals surface area contributed by atoms with Crippen LogP contribution in [0.5, 0.6) is 17.2 Å². The molecule has 0 saturated heterocycles. The van der Waals surface area contributed by atoms with Gasteiger partial charge in [-0.2, -0.15) is 0 Å². The molecule has 0 bridgehead atoms. The van der Waals surface area contributed by atoms with E-state index < -0.39 is 5.60 Å². The summed E-state index contributed by atoms with van der Waals surface area (Å²) in [5.41, 5.74) is -0.469. The molecular weight excluding hydrogens is 228 g/mol. The van der Waals surface area contributed by atoms with E-state index in [-0.39, 0.29) is 0 Å². The van der Waals surface area contributed by atoms with Crippen molar-refractivity contribution < 1.29 is 14.2 Å². The number of para-hydroxylation sites is 1. The lowest BCUT2D eigenvalue weighted by molar-refractivity contribution is 0.123.